The van der Waals surface area contributed by atoms with Crippen LogP contribution < -0.4 is 0 Å². The lowest BCUT2D eigenvalue weighted by Gasteiger charge is -2.39. The zero-order valence-electron chi connectivity index (χ0n) is 19.7. The Hall–Kier alpha value is -0.643. The summed E-state index contributed by atoms with van der Waals surface area (Å²) in [7, 11) is -5.48. The molecule has 0 aromatic heterocycles. The van der Waals surface area contributed by atoms with Crippen molar-refractivity contribution >= 4 is 24.5 Å². The van der Waals surface area contributed by atoms with Gasteiger partial charge in [0.25, 0.3) is 10.1 Å². The first kappa shape index (κ1) is 26.4. The molecule has 0 spiro atoms. The van der Waals surface area contributed by atoms with Crippen molar-refractivity contribution in [2.24, 2.45) is 5.92 Å². The van der Waals surface area contributed by atoms with Gasteiger partial charge in [0, 0.05) is 25.1 Å². The highest BCUT2D eigenvalue weighted by atomic mass is 32.2. The van der Waals surface area contributed by atoms with Crippen molar-refractivity contribution in [2.75, 3.05) is 26.0 Å². The number of carbonyl (C=O) groups excluding carboxylic acids is 1. The third kappa shape index (κ3) is 8.94. The molecule has 1 amide bonds. The Balaban J connectivity index is 2.94. The van der Waals surface area contributed by atoms with Gasteiger partial charge in [0.05, 0.1) is 12.9 Å². The van der Waals surface area contributed by atoms with Gasteiger partial charge in [0.15, 0.2) is 8.32 Å². The van der Waals surface area contributed by atoms with E-state index in [9.17, 15) is 13.2 Å². The average molecular weight is 452 g/mol. The highest BCUT2D eigenvalue weighted by Crippen LogP contribution is 2.38. The zero-order chi connectivity index (χ0) is 22.7. The second-order valence-corrected chi connectivity index (χ2v) is 17.0. The maximum Gasteiger partial charge on any atom is 0.410 e. The summed E-state index contributed by atoms with van der Waals surface area (Å²) in [6.45, 7) is 17.7. The monoisotopic (exact) mass is 451 g/mol. The molecular weight excluding hydrogens is 410 g/mol. The van der Waals surface area contributed by atoms with E-state index < -0.39 is 24.0 Å². The van der Waals surface area contributed by atoms with Gasteiger partial charge in [0.1, 0.15) is 5.60 Å². The van der Waals surface area contributed by atoms with Gasteiger partial charge in [0.2, 0.25) is 0 Å². The Morgan fingerprint density at radius 1 is 1.17 bits per heavy atom. The molecule has 0 saturated carbocycles. The number of carbonyl (C=O) groups is 1. The van der Waals surface area contributed by atoms with Crippen molar-refractivity contribution in [3.8, 4) is 0 Å². The molecule has 2 atom stereocenters. The first-order valence-corrected chi connectivity index (χ1v) is 15.1. The van der Waals surface area contributed by atoms with Crippen molar-refractivity contribution in [1.82, 2.24) is 4.90 Å². The molecule has 0 bridgehead atoms. The predicted octanol–water partition coefficient (Wildman–Crippen LogP) is 4.39. The molecule has 0 N–H and O–H groups in total. The van der Waals surface area contributed by atoms with Crippen LogP contribution in [0.2, 0.25) is 18.1 Å². The average Bonchev–Trinajstić information content (AvgIpc) is 2.96. The van der Waals surface area contributed by atoms with E-state index in [2.05, 4.69) is 33.9 Å². The Kier molecular flexibility index (Phi) is 8.79. The molecule has 1 fully saturated rings. The Bertz CT molecular complexity index is 651. The van der Waals surface area contributed by atoms with Gasteiger partial charge < -0.3 is 14.1 Å². The maximum absolute atomic E-state index is 12.7. The van der Waals surface area contributed by atoms with Gasteiger partial charge in [-0.25, -0.2) is 4.79 Å². The van der Waals surface area contributed by atoms with E-state index >= 15 is 0 Å². The van der Waals surface area contributed by atoms with Crippen LogP contribution in [0.4, 0.5) is 4.79 Å². The summed E-state index contributed by atoms with van der Waals surface area (Å²) in [5.41, 5.74) is -0.559. The molecule has 1 rings (SSSR count). The number of ether oxygens (including phenoxy) is 1. The topological polar surface area (TPSA) is 82.1 Å². The summed E-state index contributed by atoms with van der Waals surface area (Å²) in [6.07, 6.45) is 2.99. The predicted molar refractivity (Wildman–Crippen MR) is 118 cm³/mol. The highest BCUT2D eigenvalue weighted by Gasteiger charge is 2.41. The molecule has 1 saturated heterocycles. The van der Waals surface area contributed by atoms with Crippen LogP contribution in [0.5, 0.6) is 0 Å². The van der Waals surface area contributed by atoms with Crippen LogP contribution >= 0.6 is 0 Å². The minimum absolute atomic E-state index is 0.0131. The Labute approximate surface area is 178 Å². The summed E-state index contributed by atoms with van der Waals surface area (Å²) >= 11 is 0. The van der Waals surface area contributed by atoms with Crippen LogP contribution in [0.1, 0.15) is 60.8 Å². The molecule has 172 valence electrons. The smallest absolute Gasteiger partial charge is 0.410 e. The van der Waals surface area contributed by atoms with Crippen LogP contribution in [-0.2, 0) is 23.5 Å². The third-order valence-electron chi connectivity index (χ3n) is 5.72. The Morgan fingerprint density at radius 2 is 1.76 bits per heavy atom. The summed E-state index contributed by atoms with van der Waals surface area (Å²) < 4.78 is 39.8. The molecule has 29 heavy (non-hydrogen) atoms. The van der Waals surface area contributed by atoms with E-state index in [4.69, 9.17) is 13.3 Å². The summed E-state index contributed by atoms with van der Waals surface area (Å²) in [5, 5.41) is 0.0708. The molecule has 0 unspecified atom stereocenters. The molecule has 1 aliphatic heterocycles. The third-order valence-corrected chi connectivity index (χ3v) is 10.8. The van der Waals surface area contributed by atoms with E-state index in [1.165, 1.54) is 0 Å². The van der Waals surface area contributed by atoms with Gasteiger partial charge in [-0.05, 0) is 58.2 Å². The van der Waals surface area contributed by atoms with Crippen molar-refractivity contribution in [1.29, 1.82) is 0 Å². The molecule has 1 aliphatic rings. The molecular formula is C20H41NO6SSi. The summed E-state index contributed by atoms with van der Waals surface area (Å²) in [6, 6.07) is -0.0437. The normalized spacial score (nSPS) is 20.0. The van der Waals surface area contributed by atoms with Gasteiger partial charge in [-0.15, -0.1) is 0 Å². The van der Waals surface area contributed by atoms with Crippen molar-refractivity contribution < 1.29 is 26.6 Å². The first-order chi connectivity index (χ1) is 12.9. The van der Waals surface area contributed by atoms with E-state index in [-0.39, 0.29) is 29.7 Å². The number of hydrogen-bond acceptors (Lipinski definition) is 6. The van der Waals surface area contributed by atoms with E-state index in [1.807, 2.05) is 20.8 Å². The standard InChI is InChI=1S/C20H41NO6SSi/c1-19(2,3)27-18(22)21-13-10-11-17(21)16(12-14-25-28(7,23)24)15-26-29(8,9)20(4,5)6/h16-17H,10-15H2,1-9H3/t16-,17+/m1/s1. The number of rotatable bonds is 8. The minimum Gasteiger partial charge on any atom is -0.444 e. The maximum atomic E-state index is 12.7. The number of likely N-dealkylation sites (tertiary alicyclic amines) is 1. The molecule has 9 heteroatoms. The van der Waals surface area contributed by atoms with E-state index in [0.29, 0.717) is 19.6 Å². The summed E-state index contributed by atoms with van der Waals surface area (Å²) in [4.78, 5) is 14.5. The lowest BCUT2D eigenvalue weighted by atomic mass is 9.95. The quantitative estimate of drug-likeness (QED) is 0.402. The van der Waals surface area contributed by atoms with Crippen LogP contribution in [0, 0.1) is 5.92 Å². The van der Waals surface area contributed by atoms with Crippen LogP contribution in [0.3, 0.4) is 0 Å². The number of nitrogens with zero attached hydrogens (tertiary/aromatic N) is 1. The molecule has 7 nitrogen and oxygen atoms in total. The molecule has 0 aromatic rings. The van der Waals surface area contributed by atoms with E-state index in [0.717, 1.165) is 19.1 Å². The van der Waals surface area contributed by atoms with E-state index in [1.54, 1.807) is 4.90 Å². The lowest BCUT2D eigenvalue weighted by molar-refractivity contribution is 0.0131. The lowest BCUT2D eigenvalue weighted by Crippen LogP contribution is -2.47. The van der Waals surface area contributed by atoms with Crippen molar-refractivity contribution in [3.63, 3.8) is 0 Å². The number of hydrogen-bond donors (Lipinski definition) is 0. The fraction of sp³-hybridized carbons (Fsp3) is 0.950. The summed E-state index contributed by atoms with van der Waals surface area (Å²) in [5.74, 6) is -0.0131. The minimum atomic E-state index is -3.50. The van der Waals surface area contributed by atoms with Gasteiger partial charge in [-0.1, -0.05) is 20.8 Å². The molecule has 0 aliphatic carbocycles. The second-order valence-electron chi connectivity index (χ2n) is 10.5. The van der Waals surface area contributed by atoms with Crippen LogP contribution in [-0.4, -0.2) is 65.4 Å². The van der Waals surface area contributed by atoms with Crippen molar-refractivity contribution in [2.45, 2.75) is 90.6 Å². The van der Waals surface area contributed by atoms with Crippen molar-refractivity contribution in [3.05, 3.63) is 0 Å². The highest BCUT2D eigenvalue weighted by molar-refractivity contribution is 7.85. The largest absolute Gasteiger partial charge is 0.444 e. The molecule has 0 radical (unpaired) electrons. The second kappa shape index (κ2) is 9.66. The Morgan fingerprint density at radius 3 is 2.24 bits per heavy atom. The van der Waals surface area contributed by atoms with Gasteiger partial charge >= 0.3 is 6.09 Å². The van der Waals surface area contributed by atoms with Gasteiger partial charge in [-0.2, -0.15) is 8.42 Å². The first-order valence-electron chi connectivity index (χ1n) is 10.4. The van der Waals surface area contributed by atoms with Crippen LogP contribution in [0.15, 0.2) is 0 Å². The number of amides is 1. The van der Waals surface area contributed by atoms with Crippen LogP contribution in [0.25, 0.3) is 0 Å². The fourth-order valence-electron chi connectivity index (χ4n) is 3.10. The zero-order valence-corrected chi connectivity index (χ0v) is 21.5. The molecule has 0 aromatic carbocycles. The van der Waals surface area contributed by atoms with Gasteiger partial charge in [-0.3, -0.25) is 4.18 Å². The SMILES string of the molecule is CC(C)(C)OC(=O)N1CCC[C@H]1[C@H](CCOS(C)(=O)=O)CO[Si](C)(C)C(C)(C)C. The molecule has 1 heterocycles. The fourth-order valence-corrected chi connectivity index (χ4v) is 4.56.